The van der Waals surface area contributed by atoms with Crippen LogP contribution in [0.25, 0.3) is 0 Å². The SMILES string of the molecule is CCCn1cc(N2C(=O)C3(Cc4ccc(C(=O)O)cc4C3)c3ccc(Cl)cc32)cn1. The smallest absolute Gasteiger partial charge is 0.335 e. The number of carboxylic acid groups (broad SMARTS) is 1. The fourth-order valence-corrected chi connectivity index (χ4v) is 4.93. The zero-order valence-electron chi connectivity index (χ0n) is 16.4. The van der Waals surface area contributed by atoms with E-state index in [4.69, 9.17) is 11.6 Å². The molecule has 0 bridgehead atoms. The van der Waals surface area contributed by atoms with Gasteiger partial charge in [-0.05, 0) is 60.2 Å². The number of hydrogen-bond donors (Lipinski definition) is 1. The number of halogens is 1. The lowest BCUT2D eigenvalue weighted by Gasteiger charge is -2.23. The van der Waals surface area contributed by atoms with Gasteiger partial charge in [-0.25, -0.2) is 4.79 Å². The molecule has 1 aliphatic heterocycles. The monoisotopic (exact) mass is 421 g/mol. The van der Waals surface area contributed by atoms with Crippen molar-refractivity contribution in [1.29, 1.82) is 0 Å². The van der Waals surface area contributed by atoms with Crippen LogP contribution in [-0.2, 0) is 29.6 Å². The van der Waals surface area contributed by atoms with Crippen LogP contribution in [0.1, 0.15) is 40.4 Å². The molecule has 2 heterocycles. The number of fused-ring (bicyclic) bond motifs is 3. The standard InChI is InChI=1S/C23H20ClN3O3/c1-2-7-26-13-18(12-25-26)27-20-9-17(24)5-6-19(20)23(22(27)30)10-15-4-3-14(21(28)29)8-16(15)11-23/h3-6,8-9,12-13H,2,7,10-11H2,1H3,(H,28,29). The van der Waals surface area contributed by atoms with Gasteiger partial charge in [0.15, 0.2) is 0 Å². The lowest BCUT2D eigenvalue weighted by molar-refractivity contribution is -0.122. The molecule has 6 nitrogen and oxygen atoms in total. The Kier molecular flexibility index (Phi) is 4.22. The van der Waals surface area contributed by atoms with Gasteiger partial charge >= 0.3 is 5.97 Å². The van der Waals surface area contributed by atoms with Crippen LogP contribution in [0.5, 0.6) is 0 Å². The second kappa shape index (κ2) is 6.71. The van der Waals surface area contributed by atoms with Gasteiger partial charge in [-0.1, -0.05) is 30.7 Å². The van der Waals surface area contributed by atoms with Gasteiger partial charge in [-0.15, -0.1) is 0 Å². The van der Waals surface area contributed by atoms with Crippen molar-refractivity contribution in [3.63, 3.8) is 0 Å². The maximum Gasteiger partial charge on any atom is 0.335 e. The molecule has 30 heavy (non-hydrogen) atoms. The summed E-state index contributed by atoms with van der Waals surface area (Å²) in [4.78, 5) is 27.0. The number of aryl methyl sites for hydroxylation is 1. The largest absolute Gasteiger partial charge is 0.478 e. The lowest BCUT2D eigenvalue weighted by Crippen LogP contribution is -2.39. The van der Waals surface area contributed by atoms with E-state index in [0.29, 0.717) is 17.9 Å². The summed E-state index contributed by atoms with van der Waals surface area (Å²) in [6, 6.07) is 10.7. The van der Waals surface area contributed by atoms with E-state index in [1.54, 1.807) is 23.2 Å². The Hall–Kier alpha value is -3.12. The molecule has 1 unspecified atom stereocenters. The molecule has 1 amide bonds. The Morgan fingerprint density at radius 1 is 1.20 bits per heavy atom. The Bertz CT molecular complexity index is 1200. The molecule has 1 atom stereocenters. The van der Waals surface area contributed by atoms with Crippen molar-refractivity contribution in [3.05, 3.63) is 76.1 Å². The van der Waals surface area contributed by atoms with E-state index in [1.807, 2.05) is 35.1 Å². The summed E-state index contributed by atoms with van der Waals surface area (Å²) >= 11 is 6.29. The second-order valence-corrected chi connectivity index (χ2v) is 8.42. The molecule has 1 aromatic heterocycles. The maximum absolute atomic E-state index is 13.9. The second-order valence-electron chi connectivity index (χ2n) is 7.99. The van der Waals surface area contributed by atoms with Crippen LogP contribution in [0.15, 0.2) is 48.8 Å². The number of aromatic nitrogens is 2. The molecule has 2 aromatic carbocycles. The van der Waals surface area contributed by atoms with Gasteiger partial charge < -0.3 is 5.11 Å². The quantitative estimate of drug-likeness (QED) is 0.679. The average molecular weight is 422 g/mol. The normalized spacial score (nSPS) is 19.4. The van der Waals surface area contributed by atoms with Gasteiger partial charge in [0.05, 0.1) is 28.6 Å². The van der Waals surface area contributed by atoms with E-state index in [9.17, 15) is 14.7 Å². The average Bonchev–Trinajstić information content (AvgIpc) is 3.38. The van der Waals surface area contributed by atoms with Crippen LogP contribution in [0.4, 0.5) is 11.4 Å². The van der Waals surface area contributed by atoms with Gasteiger partial charge in [0.1, 0.15) is 0 Å². The summed E-state index contributed by atoms with van der Waals surface area (Å²) in [6.07, 6.45) is 5.55. The number of amides is 1. The molecule has 0 fully saturated rings. The third-order valence-electron chi connectivity index (χ3n) is 6.10. The third-order valence-corrected chi connectivity index (χ3v) is 6.33. The van der Waals surface area contributed by atoms with Crippen molar-refractivity contribution in [1.82, 2.24) is 9.78 Å². The first-order chi connectivity index (χ1) is 14.4. The van der Waals surface area contributed by atoms with Crippen molar-refractivity contribution in [3.8, 4) is 0 Å². The molecular weight excluding hydrogens is 402 g/mol. The number of rotatable bonds is 4. The van der Waals surface area contributed by atoms with E-state index in [2.05, 4.69) is 12.0 Å². The van der Waals surface area contributed by atoms with Crippen LogP contribution < -0.4 is 4.90 Å². The van der Waals surface area contributed by atoms with Crippen molar-refractivity contribution in [2.24, 2.45) is 0 Å². The molecule has 5 rings (SSSR count). The van der Waals surface area contributed by atoms with Crippen LogP contribution >= 0.6 is 11.6 Å². The van der Waals surface area contributed by atoms with Crippen molar-refractivity contribution in [2.75, 3.05) is 4.90 Å². The number of hydrogen-bond acceptors (Lipinski definition) is 3. The minimum absolute atomic E-state index is 0.0242. The highest BCUT2D eigenvalue weighted by Gasteiger charge is 2.54. The Labute approximate surface area is 178 Å². The van der Waals surface area contributed by atoms with Gasteiger partial charge in [0, 0.05) is 17.8 Å². The fraction of sp³-hybridized carbons (Fsp3) is 0.261. The first-order valence-corrected chi connectivity index (χ1v) is 10.3. The molecule has 0 saturated heterocycles. The zero-order chi connectivity index (χ0) is 21.0. The topological polar surface area (TPSA) is 75.4 Å². The number of nitrogens with zero attached hydrogens (tertiary/aromatic N) is 3. The van der Waals surface area contributed by atoms with Gasteiger partial charge in [0.2, 0.25) is 5.91 Å². The Morgan fingerprint density at radius 3 is 2.77 bits per heavy atom. The number of carboxylic acids is 1. The molecule has 1 spiro atoms. The molecule has 1 N–H and O–H groups in total. The highest BCUT2D eigenvalue weighted by atomic mass is 35.5. The predicted octanol–water partition coefficient (Wildman–Crippen LogP) is 4.36. The van der Waals surface area contributed by atoms with Crippen LogP contribution in [0.2, 0.25) is 5.02 Å². The first kappa shape index (κ1) is 18.9. The fourth-order valence-electron chi connectivity index (χ4n) is 4.76. The molecule has 152 valence electrons. The molecule has 7 heteroatoms. The van der Waals surface area contributed by atoms with Crippen molar-refractivity contribution >= 4 is 34.9 Å². The number of anilines is 2. The zero-order valence-corrected chi connectivity index (χ0v) is 17.2. The van der Waals surface area contributed by atoms with Crippen molar-refractivity contribution in [2.45, 2.75) is 38.1 Å². The summed E-state index contributed by atoms with van der Waals surface area (Å²) in [7, 11) is 0. The van der Waals surface area contributed by atoms with Crippen LogP contribution in [0.3, 0.4) is 0 Å². The number of aromatic carboxylic acids is 1. The van der Waals surface area contributed by atoms with Gasteiger partial charge in [-0.2, -0.15) is 5.10 Å². The lowest BCUT2D eigenvalue weighted by atomic mass is 9.79. The molecule has 2 aliphatic rings. The van der Waals surface area contributed by atoms with Crippen LogP contribution in [0, 0.1) is 0 Å². The first-order valence-electron chi connectivity index (χ1n) is 9.95. The highest BCUT2D eigenvalue weighted by molar-refractivity contribution is 6.31. The van der Waals surface area contributed by atoms with Gasteiger partial charge in [-0.3, -0.25) is 14.4 Å². The maximum atomic E-state index is 13.9. The summed E-state index contributed by atoms with van der Waals surface area (Å²) in [6.45, 7) is 2.85. The molecule has 3 aromatic rings. The summed E-state index contributed by atoms with van der Waals surface area (Å²) in [5.41, 5.74) is 3.82. The number of carbonyl (C=O) groups excluding carboxylic acids is 1. The number of carbonyl (C=O) groups is 2. The summed E-state index contributed by atoms with van der Waals surface area (Å²) in [5.74, 6) is -0.988. The van der Waals surface area contributed by atoms with Gasteiger partial charge in [0.25, 0.3) is 0 Å². The Morgan fingerprint density at radius 2 is 2.00 bits per heavy atom. The Balaban J connectivity index is 1.62. The molecular formula is C23H20ClN3O3. The molecule has 0 radical (unpaired) electrons. The summed E-state index contributed by atoms with van der Waals surface area (Å²) in [5, 5.41) is 14.3. The van der Waals surface area contributed by atoms with E-state index >= 15 is 0 Å². The minimum Gasteiger partial charge on any atom is -0.478 e. The van der Waals surface area contributed by atoms with E-state index in [0.717, 1.165) is 41.0 Å². The minimum atomic E-state index is -0.964. The molecule has 0 saturated carbocycles. The third kappa shape index (κ3) is 2.67. The predicted molar refractivity (Wildman–Crippen MR) is 114 cm³/mol. The highest BCUT2D eigenvalue weighted by Crippen LogP contribution is 2.52. The summed E-state index contributed by atoms with van der Waals surface area (Å²) < 4.78 is 1.83. The van der Waals surface area contributed by atoms with Crippen LogP contribution in [-0.4, -0.2) is 26.8 Å². The van der Waals surface area contributed by atoms with E-state index in [-0.39, 0.29) is 11.5 Å². The van der Waals surface area contributed by atoms with E-state index < -0.39 is 11.4 Å². The van der Waals surface area contributed by atoms with Crippen molar-refractivity contribution < 1.29 is 14.7 Å². The molecule has 1 aliphatic carbocycles. The number of benzene rings is 2. The van der Waals surface area contributed by atoms with E-state index in [1.165, 1.54) is 0 Å².